The van der Waals surface area contributed by atoms with Crippen LogP contribution in [0.5, 0.6) is 11.5 Å². The van der Waals surface area contributed by atoms with Crippen LogP contribution in [0.4, 0.5) is 0 Å². The summed E-state index contributed by atoms with van der Waals surface area (Å²) in [6.45, 7) is 0. The van der Waals surface area contributed by atoms with Crippen LogP contribution in [0.2, 0.25) is 0 Å². The Kier molecular flexibility index (Phi) is 6.98. The molecule has 0 aliphatic carbocycles. The van der Waals surface area contributed by atoms with E-state index in [1.165, 1.54) is 7.14 Å². The van der Waals surface area contributed by atoms with E-state index in [1.807, 2.05) is 30.3 Å². The predicted octanol–water partition coefficient (Wildman–Crippen LogP) is 2.48. The van der Waals surface area contributed by atoms with Gasteiger partial charge in [-0.1, -0.05) is 18.2 Å². The highest BCUT2D eigenvalue weighted by Gasteiger charge is 2.37. The number of hydrogen-bond acceptors (Lipinski definition) is 4. The van der Waals surface area contributed by atoms with Crippen molar-refractivity contribution < 1.29 is 40.2 Å². The molecular formula is C27H26IO4+. The van der Waals surface area contributed by atoms with Crippen LogP contribution in [0.15, 0.2) is 84.9 Å². The van der Waals surface area contributed by atoms with Crippen molar-refractivity contribution in [1.82, 2.24) is 0 Å². The predicted molar refractivity (Wildman–Crippen MR) is 122 cm³/mol. The molecule has 0 unspecified atom stereocenters. The SMILES string of the molecule is COc1ccc2c(OC)ccc(C(OC)(OC)c3ccc([I+]c4ccccc4)cc3)c2c1. The van der Waals surface area contributed by atoms with Gasteiger partial charge in [0.05, 0.1) is 14.2 Å². The first-order valence-electron chi connectivity index (χ1n) is 10.2. The number of rotatable bonds is 8. The minimum Gasteiger partial charge on any atom is -0.497 e. The molecule has 0 aromatic heterocycles. The van der Waals surface area contributed by atoms with Crippen LogP contribution < -0.4 is 30.7 Å². The van der Waals surface area contributed by atoms with Gasteiger partial charge < -0.3 is 18.9 Å². The molecule has 4 aromatic rings. The van der Waals surface area contributed by atoms with Crippen molar-refractivity contribution in [2.24, 2.45) is 0 Å². The zero-order valence-corrected chi connectivity index (χ0v) is 20.8. The molecule has 0 amide bonds. The summed E-state index contributed by atoms with van der Waals surface area (Å²) in [7, 11) is 6.68. The van der Waals surface area contributed by atoms with Gasteiger partial charge in [0, 0.05) is 30.7 Å². The van der Waals surface area contributed by atoms with E-state index >= 15 is 0 Å². The summed E-state index contributed by atoms with van der Waals surface area (Å²) in [5, 5.41) is 1.92. The quantitative estimate of drug-likeness (QED) is 0.254. The summed E-state index contributed by atoms with van der Waals surface area (Å²) < 4.78 is 26.0. The Bertz CT molecular complexity index is 1190. The molecule has 0 heterocycles. The zero-order chi connectivity index (χ0) is 22.6. The van der Waals surface area contributed by atoms with Crippen molar-refractivity contribution in [2.45, 2.75) is 5.79 Å². The zero-order valence-electron chi connectivity index (χ0n) is 18.6. The average Bonchev–Trinajstić information content (AvgIpc) is 2.86. The van der Waals surface area contributed by atoms with Gasteiger partial charge in [0.15, 0.2) is 7.14 Å². The van der Waals surface area contributed by atoms with Crippen molar-refractivity contribution in [3.63, 3.8) is 0 Å². The number of hydrogen-bond donors (Lipinski definition) is 0. The molecular weight excluding hydrogens is 515 g/mol. The Balaban J connectivity index is 1.81. The van der Waals surface area contributed by atoms with Crippen LogP contribution in [0.3, 0.4) is 0 Å². The lowest BCUT2D eigenvalue weighted by molar-refractivity contribution is -0.597. The largest absolute Gasteiger partial charge is 0.497 e. The van der Waals surface area contributed by atoms with E-state index in [-0.39, 0.29) is 21.2 Å². The van der Waals surface area contributed by atoms with E-state index in [4.69, 9.17) is 18.9 Å². The van der Waals surface area contributed by atoms with Crippen LogP contribution in [-0.4, -0.2) is 28.4 Å². The lowest BCUT2D eigenvalue weighted by Gasteiger charge is -2.33. The summed E-state index contributed by atoms with van der Waals surface area (Å²) in [6.07, 6.45) is 0. The van der Waals surface area contributed by atoms with E-state index in [0.717, 1.165) is 33.4 Å². The fourth-order valence-corrected chi connectivity index (χ4v) is 6.14. The number of fused-ring (bicyclic) bond motifs is 1. The molecule has 4 aromatic carbocycles. The Hall–Kier alpha value is -2.61. The second kappa shape index (κ2) is 9.90. The molecule has 0 radical (unpaired) electrons. The number of ether oxygens (including phenoxy) is 4. The van der Waals surface area contributed by atoms with Gasteiger partial charge in [-0.25, -0.2) is 0 Å². The van der Waals surface area contributed by atoms with Gasteiger partial charge >= 0.3 is 21.2 Å². The normalized spacial score (nSPS) is 11.5. The first-order valence-corrected chi connectivity index (χ1v) is 12.4. The smallest absolute Gasteiger partial charge is 0.357 e. The molecule has 0 N–H and O–H groups in total. The van der Waals surface area contributed by atoms with Gasteiger partial charge in [0.2, 0.25) is 5.79 Å². The number of halogens is 1. The van der Waals surface area contributed by atoms with E-state index in [0.29, 0.717) is 0 Å². The van der Waals surface area contributed by atoms with Gasteiger partial charge in [0.25, 0.3) is 0 Å². The summed E-state index contributed by atoms with van der Waals surface area (Å²) >= 11 is -0.242. The third-order valence-electron chi connectivity index (χ3n) is 5.51. The van der Waals surface area contributed by atoms with Crippen molar-refractivity contribution in [3.05, 3.63) is 103 Å². The van der Waals surface area contributed by atoms with E-state index in [9.17, 15) is 0 Å². The number of methoxy groups -OCH3 is 4. The minimum atomic E-state index is -1.07. The summed E-state index contributed by atoms with van der Waals surface area (Å²) in [5.41, 5.74) is 1.82. The molecule has 0 fully saturated rings. The van der Waals surface area contributed by atoms with Crippen molar-refractivity contribution in [2.75, 3.05) is 28.4 Å². The highest BCUT2D eigenvalue weighted by molar-refractivity contribution is 5.93. The molecule has 32 heavy (non-hydrogen) atoms. The van der Waals surface area contributed by atoms with Crippen molar-refractivity contribution in [3.8, 4) is 11.5 Å². The summed E-state index contributed by atoms with van der Waals surface area (Å²) in [5.74, 6) is 0.479. The van der Waals surface area contributed by atoms with Crippen LogP contribution >= 0.6 is 0 Å². The lowest BCUT2D eigenvalue weighted by Crippen LogP contribution is -3.61. The molecule has 4 rings (SSSR count). The molecule has 0 aliphatic heterocycles. The lowest BCUT2D eigenvalue weighted by atomic mass is 9.91. The Morgan fingerprint density at radius 3 is 1.94 bits per heavy atom. The molecule has 0 saturated heterocycles. The Morgan fingerprint density at radius 2 is 1.31 bits per heavy atom. The first-order chi connectivity index (χ1) is 15.6. The molecule has 164 valence electrons. The maximum absolute atomic E-state index is 6.08. The van der Waals surface area contributed by atoms with Gasteiger partial charge in [-0.05, 0) is 72.1 Å². The van der Waals surface area contributed by atoms with Crippen molar-refractivity contribution >= 4 is 10.8 Å². The Morgan fingerprint density at radius 1 is 0.625 bits per heavy atom. The van der Waals surface area contributed by atoms with Crippen LogP contribution in [0.1, 0.15) is 11.1 Å². The summed E-state index contributed by atoms with van der Waals surface area (Å²) in [4.78, 5) is 0. The maximum atomic E-state index is 6.08. The van der Waals surface area contributed by atoms with Gasteiger partial charge in [-0.3, -0.25) is 0 Å². The molecule has 5 heteroatoms. The van der Waals surface area contributed by atoms with E-state index < -0.39 is 5.79 Å². The topological polar surface area (TPSA) is 36.9 Å². The second-order valence-electron chi connectivity index (χ2n) is 7.15. The van der Waals surface area contributed by atoms with E-state index in [1.54, 1.807) is 28.4 Å². The standard InChI is InChI=1S/C27H26IO4/c1-29-22-14-15-23-24(18-22)25(16-17-26(23)30-2)27(31-3,32-4)19-10-12-21(13-11-19)28-20-8-6-5-7-9-20/h5-18H,1-4H3/q+1. The van der Waals surface area contributed by atoms with Crippen LogP contribution in [-0.2, 0) is 15.3 Å². The van der Waals surface area contributed by atoms with Gasteiger partial charge in [-0.15, -0.1) is 0 Å². The Labute approximate surface area is 199 Å². The molecule has 0 atom stereocenters. The van der Waals surface area contributed by atoms with Gasteiger partial charge in [-0.2, -0.15) is 0 Å². The molecule has 0 spiro atoms. The maximum Gasteiger partial charge on any atom is 0.357 e. The van der Waals surface area contributed by atoms with Crippen LogP contribution in [0.25, 0.3) is 10.8 Å². The average molecular weight is 541 g/mol. The minimum absolute atomic E-state index is 0.242. The first kappa shape index (κ1) is 22.6. The molecule has 0 aliphatic rings. The fourth-order valence-electron chi connectivity index (χ4n) is 3.92. The molecule has 4 nitrogen and oxygen atoms in total. The van der Waals surface area contributed by atoms with Crippen molar-refractivity contribution in [1.29, 1.82) is 0 Å². The molecule has 0 saturated carbocycles. The second-order valence-corrected chi connectivity index (χ2v) is 10.2. The highest BCUT2D eigenvalue weighted by atomic mass is 127. The van der Waals surface area contributed by atoms with Crippen LogP contribution in [0, 0.1) is 7.14 Å². The highest BCUT2D eigenvalue weighted by Crippen LogP contribution is 2.41. The van der Waals surface area contributed by atoms with E-state index in [2.05, 4.69) is 54.6 Å². The monoisotopic (exact) mass is 541 g/mol. The van der Waals surface area contributed by atoms with Gasteiger partial charge in [0.1, 0.15) is 11.5 Å². The fraction of sp³-hybridized carbons (Fsp3) is 0.185. The third-order valence-corrected chi connectivity index (χ3v) is 8.19. The third kappa shape index (κ3) is 4.20. The number of benzene rings is 4. The summed E-state index contributed by atoms with van der Waals surface area (Å²) in [6, 6.07) is 29.0. The molecule has 0 bridgehead atoms.